The fourth-order valence-electron chi connectivity index (χ4n) is 2.11. The Bertz CT molecular complexity index is 135. The van der Waals surface area contributed by atoms with Crippen molar-refractivity contribution in [3.8, 4) is 0 Å². The van der Waals surface area contributed by atoms with E-state index in [1.165, 1.54) is 38.5 Å². The van der Waals surface area contributed by atoms with Crippen molar-refractivity contribution in [2.75, 3.05) is 0 Å². The van der Waals surface area contributed by atoms with Gasteiger partial charge in [0.15, 0.2) is 0 Å². The van der Waals surface area contributed by atoms with E-state index in [-0.39, 0.29) is 0 Å². The first kappa shape index (κ1) is 15.0. The first-order valence-corrected chi connectivity index (χ1v) is 6.72. The molecule has 0 fully saturated rings. The minimum atomic E-state index is -0.735. The lowest BCUT2D eigenvalue weighted by atomic mass is 9.82. The van der Waals surface area contributed by atoms with E-state index < -0.39 is 5.60 Å². The highest BCUT2D eigenvalue weighted by molar-refractivity contribution is 4.76. The summed E-state index contributed by atoms with van der Waals surface area (Å²) in [4.78, 5) is 0. The second-order valence-corrected chi connectivity index (χ2v) is 5.29. The van der Waals surface area contributed by atoms with E-state index in [4.69, 9.17) is 0 Å². The summed E-state index contributed by atoms with van der Waals surface area (Å²) in [7, 11) is 0. The Balaban J connectivity index is 3.81. The van der Waals surface area contributed by atoms with Crippen LogP contribution in [0.25, 0.3) is 0 Å². The summed E-state index contributed by atoms with van der Waals surface area (Å²) in [6.45, 7) is 8.14. The fraction of sp³-hybridized carbons (Fsp3) is 1.00. The summed E-state index contributed by atoms with van der Waals surface area (Å²) in [5.74, 6) is 0.384. The van der Waals surface area contributed by atoms with E-state index in [0.29, 0.717) is 5.92 Å². The van der Waals surface area contributed by atoms with E-state index >= 15 is 0 Å². The molecular weight excluding hydrogens is 184 g/mol. The van der Waals surface area contributed by atoms with Gasteiger partial charge in [-0.05, 0) is 32.6 Å². The predicted molar refractivity (Wildman–Crippen MR) is 66.5 cm³/mol. The van der Waals surface area contributed by atoms with Crippen LogP contribution >= 0.6 is 0 Å². The van der Waals surface area contributed by atoms with Crippen LogP contribution in [0.2, 0.25) is 0 Å². The summed E-state index contributed by atoms with van der Waals surface area (Å²) in [6.07, 6.45) is 9.82. The molecule has 0 aliphatic heterocycles. The van der Waals surface area contributed by atoms with Crippen molar-refractivity contribution in [2.45, 2.75) is 84.7 Å². The third-order valence-electron chi connectivity index (χ3n) is 3.30. The summed E-state index contributed by atoms with van der Waals surface area (Å²) < 4.78 is 0. The topological polar surface area (TPSA) is 19.9 Å². The maximum absolute atomic E-state index is 12.0. The molecule has 1 unspecified atom stereocenters. The molecule has 1 heteroatoms. The number of rotatable bonds is 9. The maximum atomic E-state index is 12.0. The molecule has 0 saturated carbocycles. The second-order valence-electron chi connectivity index (χ2n) is 5.29. The number of hydrogen-bond donors (Lipinski definition) is 0. The molecule has 1 radical (unpaired) electrons. The highest BCUT2D eigenvalue weighted by atomic mass is 16.3. The van der Waals surface area contributed by atoms with Crippen LogP contribution in [0.5, 0.6) is 0 Å². The lowest BCUT2D eigenvalue weighted by molar-refractivity contribution is -0.0537. The third kappa shape index (κ3) is 7.84. The van der Waals surface area contributed by atoms with Crippen molar-refractivity contribution in [3.63, 3.8) is 0 Å². The van der Waals surface area contributed by atoms with Crippen LogP contribution < -0.4 is 0 Å². The molecule has 0 aliphatic carbocycles. The SMILES string of the molecule is CCCCCCC(CCCC)C(C)(C)[O]. The van der Waals surface area contributed by atoms with Crippen molar-refractivity contribution in [1.29, 1.82) is 0 Å². The quantitative estimate of drug-likeness (QED) is 0.482. The highest BCUT2D eigenvalue weighted by Crippen LogP contribution is 2.28. The van der Waals surface area contributed by atoms with Crippen LogP contribution in [0.1, 0.15) is 79.1 Å². The van der Waals surface area contributed by atoms with Crippen LogP contribution in [0, 0.1) is 5.92 Å². The molecule has 0 bridgehead atoms. The van der Waals surface area contributed by atoms with E-state index in [1.54, 1.807) is 0 Å². The molecule has 0 N–H and O–H groups in total. The molecule has 0 heterocycles. The van der Waals surface area contributed by atoms with Gasteiger partial charge in [-0.25, -0.2) is 5.11 Å². The van der Waals surface area contributed by atoms with Gasteiger partial charge in [0.2, 0.25) is 0 Å². The summed E-state index contributed by atoms with van der Waals surface area (Å²) in [6, 6.07) is 0. The van der Waals surface area contributed by atoms with Gasteiger partial charge in [0.1, 0.15) is 5.60 Å². The fourth-order valence-corrected chi connectivity index (χ4v) is 2.11. The summed E-state index contributed by atoms with van der Waals surface area (Å²) in [5.41, 5.74) is -0.735. The Hall–Kier alpha value is -0.0400. The second kappa shape index (κ2) is 8.15. The Morgan fingerprint density at radius 2 is 1.40 bits per heavy atom. The first-order chi connectivity index (χ1) is 7.02. The molecule has 0 amide bonds. The van der Waals surface area contributed by atoms with Gasteiger partial charge in [0.05, 0.1) is 0 Å². The minimum Gasteiger partial charge on any atom is -0.230 e. The van der Waals surface area contributed by atoms with E-state index in [0.717, 1.165) is 12.8 Å². The van der Waals surface area contributed by atoms with Crippen molar-refractivity contribution in [2.24, 2.45) is 5.92 Å². The van der Waals surface area contributed by atoms with Crippen LogP contribution in [0.3, 0.4) is 0 Å². The standard InChI is InChI=1S/C14H29O/c1-5-7-9-10-12-13(11-8-6-2)14(3,4)15/h13H,5-12H2,1-4H3. The summed E-state index contributed by atoms with van der Waals surface area (Å²) in [5, 5.41) is 12.0. The lowest BCUT2D eigenvalue weighted by Gasteiger charge is -2.27. The van der Waals surface area contributed by atoms with Gasteiger partial charge in [0.25, 0.3) is 0 Å². The highest BCUT2D eigenvalue weighted by Gasteiger charge is 2.27. The predicted octanol–water partition coefficient (Wildman–Crippen LogP) is 4.97. The molecule has 15 heavy (non-hydrogen) atoms. The van der Waals surface area contributed by atoms with E-state index in [1.807, 2.05) is 13.8 Å². The van der Waals surface area contributed by atoms with Crippen molar-refractivity contribution in [3.05, 3.63) is 0 Å². The van der Waals surface area contributed by atoms with Gasteiger partial charge in [-0.3, -0.25) is 0 Å². The summed E-state index contributed by atoms with van der Waals surface area (Å²) >= 11 is 0. The van der Waals surface area contributed by atoms with Gasteiger partial charge in [0, 0.05) is 0 Å². The molecule has 91 valence electrons. The monoisotopic (exact) mass is 213 g/mol. The molecule has 0 aliphatic rings. The average Bonchev–Trinajstić information content (AvgIpc) is 2.15. The molecule has 1 nitrogen and oxygen atoms in total. The van der Waals surface area contributed by atoms with Gasteiger partial charge in [-0.15, -0.1) is 0 Å². The third-order valence-corrected chi connectivity index (χ3v) is 3.30. The van der Waals surface area contributed by atoms with Gasteiger partial charge in [-0.2, -0.15) is 0 Å². The smallest absolute Gasteiger partial charge is 0.101 e. The molecule has 0 rings (SSSR count). The van der Waals surface area contributed by atoms with Crippen LogP contribution in [0.4, 0.5) is 0 Å². The molecule has 0 saturated heterocycles. The van der Waals surface area contributed by atoms with Crippen molar-refractivity contribution in [1.82, 2.24) is 0 Å². The molecular formula is C14H29O. The van der Waals surface area contributed by atoms with E-state index in [2.05, 4.69) is 13.8 Å². The van der Waals surface area contributed by atoms with Crippen LogP contribution in [-0.2, 0) is 5.11 Å². The normalized spacial score (nSPS) is 14.2. The Kier molecular flexibility index (Phi) is 8.13. The van der Waals surface area contributed by atoms with Crippen LogP contribution in [-0.4, -0.2) is 5.60 Å². The number of hydrogen-bond acceptors (Lipinski definition) is 0. The zero-order valence-corrected chi connectivity index (χ0v) is 11.1. The molecule has 0 aromatic heterocycles. The van der Waals surface area contributed by atoms with E-state index in [9.17, 15) is 5.11 Å². The van der Waals surface area contributed by atoms with Gasteiger partial charge in [-0.1, -0.05) is 52.4 Å². The van der Waals surface area contributed by atoms with Gasteiger partial charge >= 0.3 is 0 Å². The molecule has 0 spiro atoms. The molecule has 1 atom stereocenters. The first-order valence-electron chi connectivity index (χ1n) is 6.72. The van der Waals surface area contributed by atoms with Crippen molar-refractivity contribution >= 4 is 0 Å². The van der Waals surface area contributed by atoms with Gasteiger partial charge < -0.3 is 0 Å². The Morgan fingerprint density at radius 3 is 1.87 bits per heavy atom. The Morgan fingerprint density at radius 1 is 0.867 bits per heavy atom. The molecule has 0 aromatic rings. The number of unbranched alkanes of at least 4 members (excludes halogenated alkanes) is 4. The zero-order chi connectivity index (χ0) is 11.7. The average molecular weight is 213 g/mol. The lowest BCUT2D eigenvalue weighted by Crippen LogP contribution is -2.29. The largest absolute Gasteiger partial charge is 0.230 e. The Labute approximate surface area is 96.3 Å². The zero-order valence-electron chi connectivity index (χ0n) is 11.1. The maximum Gasteiger partial charge on any atom is 0.101 e. The minimum absolute atomic E-state index is 0.384. The van der Waals surface area contributed by atoms with Crippen molar-refractivity contribution < 1.29 is 5.11 Å². The molecule has 0 aromatic carbocycles. The van der Waals surface area contributed by atoms with Crippen LogP contribution in [0.15, 0.2) is 0 Å².